The topological polar surface area (TPSA) is 78.3 Å². The van der Waals surface area contributed by atoms with Crippen LogP contribution in [0, 0.1) is 0 Å². The highest BCUT2D eigenvalue weighted by molar-refractivity contribution is 7.90. The first-order valence-electron chi connectivity index (χ1n) is 5.41. The Hall–Kier alpha value is -1.08. The number of rotatable bonds is 5. The van der Waals surface area contributed by atoms with Gasteiger partial charge < -0.3 is 4.74 Å². The Labute approximate surface area is 111 Å². The second-order valence-electron chi connectivity index (χ2n) is 3.73. The largest absolute Gasteiger partial charge is 0.462 e. The van der Waals surface area contributed by atoms with Gasteiger partial charge in [0.15, 0.2) is 20.4 Å². The highest BCUT2D eigenvalue weighted by Crippen LogP contribution is 2.22. The van der Waals surface area contributed by atoms with Crippen LogP contribution in [-0.2, 0) is 14.6 Å². The summed E-state index contributed by atoms with van der Waals surface area (Å²) in [5.41, 5.74) is 0.0700. The average Bonchev–Trinajstić information content (AvgIpc) is 2.59. The lowest BCUT2D eigenvalue weighted by Crippen LogP contribution is -2.18. The van der Waals surface area contributed by atoms with Crippen LogP contribution in [0.25, 0.3) is 0 Å². The van der Waals surface area contributed by atoms with Crippen molar-refractivity contribution in [3.63, 3.8) is 0 Å². The van der Waals surface area contributed by atoms with E-state index in [0.29, 0.717) is 6.42 Å². The minimum Gasteiger partial charge on any atom is -0.462 e. The number of ether oxygens (including phenoxy) is 1. The van der Waals surface area contributed by atoms with Gasteiger partial charge in [0.1, 0.15) is 5.56 Å². The summed E-state index contributed by atoms with van der Waals surface area (Å²) in [4.78, 5) is 11.5. The van der Waals surface area contributed by atoms with Crippen molar-refractivity contribution in [2.45, 2.75) is 25.6 Å². The van der Waals surface area contributed by atoms with Gasteiger partial charge in [-0.2, -0.15) is 5.10 Å². The molecule has 1 aromatic rings. The molecule has 0 amide bonds. The van der Waals surface area contributed by atoms with Gasteiger partial charge in [0.25, 0.3) is 0 Å². The van der Waals surface area contributed by atoms with Crippen LogP contribution >= 0.6 is 11.6 Å². The van der Waals surface area contributed by atoms with Gasteiger partial charge in [-0.25, -0.2) is 13.2 Å². The lowest BCUT2D eigenvalue weighted by atomic mass is 10.4. The zero-order valence-corrected chi connectivity index (χ0v) is 12.0. The Kier molecular flexibility index (Phi) is 4.75. The average molecular weight is 295 g/mol. The second-order valence-corrected chi connectivity index (χ2v) is 6.29. The second kappa shape index (κ2) is 5.71. The van der Waals surface area contributed by atoms with Gasteiger partial charge in [-0.05, 0) is 13.3 Å². The maximum atomic E-state index is 11.6. The maximum absolute atomic E-state index is 11.6. The molecule has 1 unspecified atom stereocenters. The van der Waals surface area contributed by atoms with Crippen molar-refractivity contribution in [3.05, 3.63) is 16.9 Å². The molecule has 0 saturated carbocycles. The molecule has 1 aromatic heterocycles. The van der Waals surface area contributed by atoms with Gasteiger partial charge in [-0.3, -0.25) is 4.68 Å². The van der Waals surface area contributed by atoms with Crippen molar-refractivity contribution >= 4 is 27.4 Å². The van der Waals surface area contributed by atoms with Crippen LogP contribution < -0.4 is 0 Å². The van der Waals surface area contributed by atoms with Crippen LogP contribution in [0.15, 0.2) is 6.20 Å². The predicted octanol–water partition coefficient (Wildman–Crippen LogP) is 1.67. The number of nitrogens with zero attached hydrogens (tertiary/aromatic N) is 2. The van der Waals surface area contributed by atoms with Crippen LogP contribution in [0.1, 0.15) is 36.0 Å². The van der Waals surface area contributed by atoms with Crippen molar-refractivity contribution in [2.75, 3.05) is 12.9 Å². The van der Waals surface area contributed by atoms with E-state index in [1.54, 1.807) is 13.8 Å². The van der Waals surface area contributed by atoms with Gasteiger partial charge in [0, 0.05) is 12.5 Å². The van der Waals surface area contributed by atoms with Crippen molar-refractivity contribution < 1.29 is 17.9 Å². The number of sulfone groups is 1. The third-order valence-electron chi connectivity index (χ3n) is 2.32. The van der Waals surface area contributed by atoms with E-state index >= 15 is 0 Å². The van der Waals surface area contributed by atoms with E-state index in [1.165, 1.54) is 10.9 Å². The first-order chi connectivity index (χ1) is 8.31. The standard InChI is InChI=1S/C10H15ClN2O4S/c1-4-8(18(3,15)16)13-6-7(9(11)12-13)10(14)17-5-2/h6,8H,4-5H2,1-3H3. The molecule has 0 bridgehead atoms. The number of esters is 1. The molecule has 0 saturated heterocycles. The van der Waals surface area contributed by atoms with E-state index in [9.17, 15) is 13.2 Å². The van der Waals surface area contributed by atoms with Crippen LogP contribution in [0.3, 0.4) is 0 Å². The molecule has 0 fully saturated rings. The first kappa shape index (κ1) is 15.0. The summed E-state index contributed by atoms with van der Waals surface area (Å²) in [5, 5.41) is 2.96. The molecule has 8 heteroatoms. The normalized spacial score (nSPS) is 13.3. The molecule has 18 heavy (non-hydrogen) atoms. The van der Waals surface area contributed by atoms with Crippen molar-refractivity contribution in [1.82, 2.24) is 9.78 Å². The van der Waals surface area contributed by atoms with Crippen LogP contribution in [-0.4, -0.2) is 37.0 Å². The molecule has 0 aliphatic rings. The summed E-state index contributed by atoms with van der Waals surface area (Å²) in [6.45, 7) is 3.59. The minimum atomic E-state index is -3.32. The van der Waals surface area contributed by atoms with E-state index in [0.717, 1.165) is 6.26 Å². The summed E-state index contributed by atoms with van der Waals surface area (Å²) in [6.07, 6.45) is 2.75. The van der Waals surface area contributed by atoms with E-state index in [2.05, 4.69) is 5.10 Å². The quantitative estimate of drug-likeness (QED) is 0.772. The zero-order chi connectivity index (χ0) is 13.9. The van der Waals surface area contributed by atoms with Crippen molar-refractivity contribution in [3.8, 4) is 0 Å². The molecule has 1 atom stereocenters. The molecule has 0 aliphatic heterocycles. The molecule has 1 rings (SSSR count). The van der Waals surface area contributed by atoms with Crippen molar-refractivity contribution in [2.24, 2.45) is 0 Å². The van der Waals surface area contributed by atoms with E-state index in [-0.39, 0.29) is 17.3 Å². The first-order valence-corrected chi connectivity index (χ1v) is 7.75. The smallest absolute Gasteiger partial charge is 0.342 e. The van der Waals surface area contributed by atoms with Gasteiger partial charge in [0.2, 0.25) is 0 Å². The van der Waals surface area contributed by atoms with E-state index in [1.807, 2.05) is 0 Å². The molecule has 0 N–H and O–H groups in total. The van der Waals surface area contributed by atoms with Crippen LogP contribution in [0.5, 0.6) is 0 Å². The monoisotopic (exact) mass is 294 g/mol. The molecule has 6 nitrogen and oxygen atoms in total. The fraction of sp³-hybridized carbons (Fsp3) is 0.600. The molecular weight excluding hydrogens is 280 g/mol. The summed E-state index contributed by atoms with van der Waals surface area (Å²) in [7, 11) is -3.32. The molecule has 1 heterocycles. The van der Waals surface area contributed by atoms with Crippen LogP contribution in [0.4, 0.5) is 0 Å². The molecule has 102 valence electrons. The Morgan fingerprint density at radius 2 is 2.17 bits per heavy atom. The summed E-state index contributed by atoms with van der Waals surface area (Å²) < 4.78 is 29.1. The van der Waals surface area contributed by atoms with Gasteiger partial charge in [0.05, 0.1) is 6.61 Å². The van der Waals surface area contributed by atoms with E-state index in [4.69, 9.17) is 16.3 Å². The van der Waals surface area contributed by atoms with Crippen molar-refractivity contribution in [1.29, 1.82) is 0 Å². The molecule has 0 radical (unpaired) electrons. The fourth-order valence-corrected chi connectivity index (χ4v) is 2.87. The third-order valence-corrected chi connectivity index (χ3v) is 4.14. The van der Waals surface area contributed by atoms with Gasteiger partial charge in [-0.15, -0.1) is 0 Å². The number of halogens is 1. The van der Waals surface area contributed by atoms with Crippen LogP contribution in [0.2, 0.25) is 5.15 Å². The third kappa shape index (κ3) is 3.23. The Morgan fingerprint density at radius 1 is 1.56 bits per heavy atom. The minimum absolute atomic E-state index is 0.0597. The number of hydrogen-bond donors (Lipinski definition) is 0. The summed E-state index contributed by atoms with van der Waals surface area (Å²) in [6, 6.07) is 0. The highest BCUT2D eigenvalue weighted by Gasteiger charge is 2.25. The number of carbonyl (C=O) groups is 1. The lowest BCUT2D eigenvalue weighted by Gasteiger charge is -2.12. The fourth-order valence-electron chi connectivity index (χ4n) is 1.55. The summed E-state index contributed by atoms with van der Waals surface area (Å²) >= 11 is 5.80. The van der Waals surface area contributed by atoms with Gasteiger partial charge >= 0.3 is 5.97 Å². The lowest BCUT2D eigenvalue weighted by molar-refractivity contribution is 0.0526. The number of carbonyl (C=O) groups excluding carboxylic acids is 1. The molecule has 0 aromatic carbocycles. The molecule has 0 spiro atoms. The zero-order valence-electron chi connectivity index (χ0n) is 10.4. The predicted molar refractivity (Wildman–Crippen MR) is 67.4 cm³/mol. The van der Waals surface area contributed by atoms with Gasteiger partial charge in [-0.1, -0.05) is 18.5 Å². The Morgan fingerprint density at radius 3 is 2.61 bits per heavy atom. The number of hydrogen-bond acceptors (Lipinski definition) is 5. The molecule has 0 aliphatic carbocycles. The van der Waals surface area contributed by atoms with E-state index < -0.39 is 21.2 Å². The maximum Gasteiger partial charge on any atom is 0.342 e. The Bertz CT molecular complexity index is 538. The SMILES string of the molecule is CCOC(=O)c1cn(C(CC)S(C)(=O)=O)nc1Cl. The number of aromatic nitrogens is 2. The summed E-state index contributed by atoms with van der Waals surface area (Å²) in [5.74, 6) is -0.614. The highest BCUT2D eigenvalue weighted by atomic mass is 35.5. The Balaban J connectivity index is 3.14. The molecular formula is C10H15ClN2O4S.